The van der Waals surface area contributed by atoms with Crippen molar-refractivity contribution in [1.82, 2.24) is 0 Å². The second-order valence-electron chi connectivity index (χ2n) is 7.30. The molecule has 1 aliphatic rings. The lowest BCUT2D eigenvalue weighted by Gasteiger charge is -2.34. The van der Waals surface area contributed by atoms with Crippen LogP contribution in [0.2, 0.25) is 10.0 Å². The molecule has 2 radical (unpaired) electrons. The molecule has 28 heavy (non-hydrogen) atoms. The minimum Gasteiger partial charge on any atom is -0.378 e. The highest BCUT2D eigenvalue weighted by Gasteiger charge is 2.28. The molecule has 3 nitrogen and oxygen atoms in total. The van der Waals surface area contributed by atoms with Crippen molar-refractivity contribution in [2.45, 2.75) is 39.2 Å². The van der Waals surface area contributed by atoms with Crippen LogP contribution in [-0.2, 0) is 11.2 Å². The second kappa shape index (κ2) is 9.78. The molecule has 2 aromatic rings. The number of nitrogens with one attached hydrogen (secondary N) is 1. The van der Waals surface area contributed by atoms with Gasteiger partial charge in [0.05, 0.1) is 22.8 Å². The average Bonchev–Trinajstić information content (AvgIpc) is 2.68. The summed E-state index contributed by atoms with van der Waals surface area (Å²) in [4.78, 5) is 12.4. The van der Waals surface area contributed by atoms with Crippen LogP contribution in [0.5, 0.6) is 0 Å². The van der Waals surface area contributed by atoms with E-state index >= 15 is 0 Å². The highest BCUT2D eigenvalue weighted by Crippen LogP contribution is 2.29. The maximum Gasteiger partial charge on any atom is 0.255 e. The average molecular weight is 418 g/mol. The molecule has 1 N–H and O–H groups in total. The van der Waals surface area contributed by atoms with E-state index in [4.69, 9.17) is 27.9 Å². The van der Waals surface area contributed by atoms with Gasteiger partial charge in [-0.05, 0) is 67.0 Å². The minimum atomic E-state index is -0.218. The Balaban J connectivity index is 1.55. The SMILES string of the molecule is CCCC1OCC(Cc2ccc(NC(=O)c3ccc(Cl)c(Cl)c3)cc2)[C]C1C. The molecule has 1 aliphatic heterocycles. The van der Waals surface area contributed by atoms with Crippen LogP contribution >= 0.6 is 23.2 Å². The van der Waals surface area contributed by atoms with Gasteiger partial charge in [-0.25, -0.2) is 0 Å². The summed E-state index contributed by atoms with van der Waals surface area (Å²) in [6.45, 7) is 5.10. The van der Waals surface area contributed by atoms with Gasteiger partial charge in [0.25, 0.3) is 5.91 Å². The molecule has 1 fully saturated rings. The van der Waals surface area contributed by atoms with Crippen LogP contribution in [-0.4, -0.2) is 18.6 Å². The van der Waals surface area contributed by atoms with Crippen LogP contribution < -0.4 is 5.32 Å². The number of amides is 1. The topological polar surface area (TPSA) is 38.3 Å². The number of rotatable bonds is 6. The fourth-order valence-corrected chi connectivity index (χ4v) is 3.79. The zero-order chi connectivity index (χ0) is 20.1. The summed E-state index contributed by atoms with van der Waals surface area (Å²) >= 11 is 11.9. The number of hydrogen-bond donors (Lipinski definition) is 1. The van der Waals surface area contributed by atoms with Crippen molar-refractivity contribution in [2.24, 2.45) is 11.8 Å². The van der Waals surface area contributed by atoms with Gasteiger partial charge in [0.2, 0.25) is 0 Å². The lowest BCUT2D eigenvalue weighted by molar-refractivity contribution is -0.0272. The molecule has 2 aromatic carbocycles. The standard InChI is InChI=1S/C23H25Cl2NO2/c1-3-4-22-15(2)11-17(14-28-22)12-16-5-8-19(9-6-16)26-23(27)18-7-10-20(24)21(25)13-18/h5-10,13,15,17,22H,3-4,12,14H2,1-2H3,(H,26,27). The van der Waals surface area contributed by atoms with Crippen LogP contribution in [0, 0.1) is 18.3 Å². The first-order valence-electron chi connectivity index (χ1n) is 9.69. The Morgan fingerprint density at radius 1 is 1.18 bits per heavy atom. The van der Waals surface area contributed by atoms with Gasteiger partial charge in [-0.1, -0.05) is 55.6 Å². The van der Waals surface area contributed by atoms with Gasteiger partial charge in [0, 0.05) is 11.3 Å². The first kappa shape index (κ1) is 21.2. The molecular formula is C23H25Cl2NO2. The van der Waals surface area contributed by atoms with Gasteiger partial charge >= 0.3 is 0 Å². The van der Waals surface area contributed by atoms with Gasteiger partial charge in [0.1, 0.15) is 0 Å². The van der Waals surface area contributed by atoms with Crippen LogP contribution in [0.3, 0.4) is 0 Å². The molecule has 5 heteroatoms. The Morgan fingerprint density at radius 2 is 1.93 bits per heavy atom. The Kier molecular flexibility index (Phi) is 7.39. The fourth-order valence-electron chi connectivity index (χ4n) is 3.50. The van der Waals surface area contributed by atoms with E-state index in [9.17, 15) is 4.79 Å². The predicted molar refractivity (Wildman–Crippen MR) is 115 cm³/mol. The zero-order valence-electron chi connectivity index (χ0n) is 16.2. The second-order valence-corrected chi connectivity index (χ2v) is 8.11. The first-order chi connectivity index (χ1) is 13.5. The maximum absolute atomic E-state index is 12.4. The van der Waals surface area contributed by atoms with E-state index in [1.165, 1.54) is 5.56 Å². The van der Waals surface area contributed by atoms with E-state index in [1.807, 2.05) is 24.3 Å². The number of carbonyl (C=O) groups excluding carboxylic acids is 1. The van der Waals surface area contributed by atoms with Gasteiger partial charge in [-0.15, -0.1) is 0 Å². The normalized spacial score (nSPS) is 22.1. The monoisotopic (exact) mass is 417 g/mol. The smallest absolute Gasteiger partial charge is 0.255 e. The molecule has 148 valence electrons. The Morgan fingerprint density at radius 3 is 2.57 bits per heavy atom. The summed E-state index contributed by atoms with van der Waals surface area (Å²) in [6.07, 6.45) is 7.09. The number of halogens is 2. The van der Waals surface area contributed by atoms with E-state index < -0.39 is 0 Å². The van der Waals surface area contributed by atoms with E-state index in [2.05, 4.69) is 25.6 Å². The third-order valence-corrected chi connectivity index (χ3v) is 5.76. The van der Waals surface area contributed by atoms with E-state index in [1.54, 1.807) is 18.2 Å². The molecule has 3 rings (SSSR count). The number of hydrogen-bond acceptors (Lipinski definition) is 2. The van der Waals surface area contributed by atoms with Crippen molar-refractivity contribution >= 4 is 34.8 Å². The Labute approximate surface area is 177 Å². The van der Waals surface area contributed by atoms with Crippen LogP contribution in [0.4, 0.5) is 5.69 Å². The highest BCUT2D eigenvalue weighted by molar-refractivity contribution is 6.42. The summed E-state index contributed by atoms with van der Waals surface area (Å²) in [7, 11) is 0. The molecule has 0 spiro atoms. The molecule has 3 unspecified atom stereocenters. The summed E-state index contributed by atoms with van der Waals surface area (Å²) in [5, 5.41) is 3.67. The van der Waals surface area contributed by atoms with E-state index in [-0.39, 0.29) is 5.91 Å². The van der Waals surface area contributed by atoms with Crippen molar-refractivity contribution in [3.05, 3.63) is 70.1 Å². The molecular weight excluding hydrogens is 393 g/mol. The molecule has 1 heterocycles. The lowest BCUT2D eigenvalue weighted by Crippen LogP contribution is -2.34. The molecule has 3 atom stereocenters. The van der Waals surface area contributed by atoms with E-state index in [0.29, 0.717) is 33.5 Å². The van der Waals surface area contributed by atoms with Gasteiger partial charge in [0.15, 0.2) is 0 Å². The molecule has 0 saturated carbocycles. The molecule has 0 aromatic heterocycles. The van der Waals surface area contributed by atoms with Crippen LogP contribution in [0.25, 0.3) is 0 Å². The molecule has 0 bridgehead atoms. The Hall–Kier alpha value is -1.55. The van der Waals surface area contributed by atoms with Crippen molar-refractivity contribution in [3.8, 4) is 0 Å². The first-order valence-corrected chi connectivity index (χ1v) is 10.4. The maximum atomic E-state index is 12.4. The van der Waals surface area contributed by atoms with E-state index in [0.717, 1.165) is 31.6 Å². The van der Waals surface area contributed by atoms with Gasteiger partial charge in [-0.2, -0.15) is 0 Å². The largest absolute Gasteiger partial charge is 0.378 e. The van der Waals surface area contributed by atoms with Crippen molar-refractivity contribution in [3.63, 3.8) is 0 Å². The molecule has 1 saturated heterocycles. The quantitative estimate of drug-likeness (QED) is 0.596. The number of anilines is 1. The third kappa shape index (κ3) is 5.50. The van der Waals surface area contributed by atoms with Crippen molar-refractivity contribution in [1.29, 1.82) is 0 Å². The fraction of sp³-hybridized carbons (Fsp3) is 0.391. The minimum absolute atomic E-state index is 0.218. The summed E-state index contributed by atoms with van der Waals surface area (Å²) in [5.74, 6) is 0.452. The number of ether oxygens (including phenoxy) is 1. The van der Waals surface area contributed by atoms with Crippen molar-refractivity contribution in [2.75, 3.05) is 11.9 Å². The van der Waals surface area contributed by atoms with Gasteiger partial charge in [-0.3, -0.25) is 4.79 Å². The highest BCUT2D eigenvalue weighted by atomic mass is 35.5. The summed E-state index contributed by atoms with van der Waals surface area (Å²) < 4.78 is 6.02. The molecule has 0 aliphatic carbocycles. The zero-order valence-corrected chi connectivity index (χ0v) is 17.7. The lowest BCUT2D eigenvalue weighted by atomic mass is 9.84. The predicted octanol–water partition coefficient (Wildman–Crippen LogP) is 6.32. The van der Waals surface area contributed by atoms with Crippen LogP contribution in [0.1, 0.15) is 42.6 Å². The van der Waals surface area contributed by atoms with Crippen molar-refractivity contribution < 1.29 is 9.53 Å². The van der Waals surface area contributed by atoms with Crippen LogP contribution in [0.15, 0.2) is 42.5 Å². The molecule has 1 amide bonds. The van der Waals surface area contributed by atoms with Gasteiger partial charge < -0.3 is 10.1 Å². The number of benzene rings is 2. The summed E-state index contributed by atoms with van der Waals surface area (Å²) in [6, 6.07) is 12.7. The Bertz CT molecular complexity index is 807. The number of carbonyl (C=O) groups is 1. The summed E-state index contributed by atoms with van der Waals surface area (Å²) in [5.41, 5.74) is 2.41. The third-order valence-electron chi connectivity index (χ3n) is 5.02.